The van der Waals surface area contributed by atoms with E-state index in [-0.39, 0.29) is 17.2 Å². The summed E-state index contributed by atoms with van der Waals surface area (Å²) in [6, 6.07) is 11.6. The van der Waals surface area contributed by atoms with Crippen LogP contribution in [0.1, 0.15) is 54.9 Å². The molecule has 0 saturated carbocycles. The van der Waals surface area contributed by atoms with Crippen molar-refractivity contribution in [2.45, 2.75) is 56.5 Å². The number of carbonyl (C=O) groups excluding carboxylic acids is 1. The monoisotopic (exact) mass is 480 g/mol. The molecule has 2 aromatic carbocycles. The highest BCUT2D eigenvalue weighted by Crippen LogP contribution is 2.25. The summed E-state index contributed by atoms with van der Waals surface area (Å²) in [7, 11) is 0. The number of hydrogen-bond donors (Lipinski definition) is 0. The molecule has 34 heavy (non-hydrogen) atoms. The van der Waals surface area contributed by atoms with Gasteiger partial charge in [0, 0.05) is 43.1 Å². The molecule has 8 nitrogen and oxygen atoms in total. The summed E-state index contributed by atoms with van der Waals surface area (Å²) in [5.74, 6) is 0.416. The van der Waals surface area contributed by atoms with Gasteiger partial charge in [0.1, 0.15) is 0 Å². The zero-order valence-electron chi connectivity index (χ0n) is 19.2. The summed E-state index contributed by atoms with van der Waals surface area (Å²) in [6.45, 7) is 4.18. The van der Waals surface area contributed by atoms with Crippen LogP contribution in [0, 0.1) is 10.1 Å². The van der Waals surface area contributed by atoms with Crippen molar-refractivity contribution < 1.29 is 9.72 Å². The molecule has 9 heteroatoms. The lowest BCUT2D eigenvalue weighted by atomic mass is 10.1. The van der Waals surface area contributed by atoms with Crippen LogP contribution in [0.4, 0.5) is 5.69 Å². The number of hydrogen-bond acceptors (Lipinski definition) is 6. The second-order valence-corrected chi connectivity index (χ2v) is 9.45. The van der Waals surface area contributed by atoms with Crippen molar-refractivity contribution in [3.05, 3.63) is 74.1 Å². The van der Waals surface area contributed by atoms with Gasteiger partial charge in [-0.3, -0.25) is 24.3 Å². The van der Waals surface area contributed by atoms with E-state index in [0.717, 1.165) is 50.8 Å². The van der Waals surface area contributed by atoms with E-state index in [0.29, 0.717) is 33.9 Å². The van der Waals surface area contributed by atoms with Gasteiger partial charge >= 0.3 is 0 Å². The molecule has 1 amide bonds. The third-order valence-corrected chi connectivity index (χ3v) is 7.08. The fourth-order valence-corrected chi connectivity index (χ4v) is 5.14. The molecule has 0 aliphatic carbocycles. The molecule has 0 spiro atoms. The van der Waals surface area contributed by atoms with Crippen molar-refractivity contribution in [2.75, 3.05) is 13.1 Å². The number of nitrogens with zero attached hydrogens (tertiary/aromatic N) is 4. The number of rotatable bonds is 9. The standard InChI is InChI=1S/C25H28N4O4S/c1-2-3-4-14-28-24(31)21-11-10-19(23(30)27-12-5-6-13-27)16-22(21)26-25(28)34-17-18-8-7-9-20(15-18)29(32)33/h7-11,15-16H,2-6,12-14,17H2,1H3. The van der Waals surface area contributed by atoms with Crippen LogP contribution in [0.3, 0.4) is 0 Å². The summed E-state index contributed by atoms with van der Waals surface area (Å²) in [5.41, 5.74) is 1.74. The van der Waals surface area contributed by atoms with Gasteiger partial charge in [0.2, 0.25) is 0 Å². The molecule has 1 aliphatic rings. The predicted octanol–water partition coefficient (Wildman–Crippen LogP) is 5.02. The number of non-ortho nitro benzene ring substituents is 1. The lowest BCUT2D eigenvalue weighted by molar-refractivity contribution is -0.384. The Morgan fingerprint density at radius 1 is 1.15 bits per heavy atom. The molecule has 0 N–H and O–H groups in total. The first-order valence-corrected chi connectivity index (χ1v) is 12.7. The van der Waals surface area contributed by atoms with Gasteiger partial charge in [-0.05, 0) is 43.0 Å². The second-order valence-electron chi connectivity index (χ2n) is 8.51. The molecule has 178 valence electrons. The van der Waals surface area contributed by atoms with Crippen LogP contribution in [0.25, 0.3) is 10.9 Å². The number of amides is 1. The summed E-state index contributed by atoms with van der Waals surface area (Å²) in [6.07, 6.45) is 4.92. The molecule has 1 aliphatic heterocycles. The average molecular weight is 481 g/mol. The quantitative estimate of drug-likeness (QED) is 0.140. The van der Waals surface area contributed by atoms with Gasteiger partial charge in [-0.1, -0.05) is 43.7 Å². The van der Waals surface area contributed by atoms with Gasteiger partial charge in [-0.2, -0.15) is 0 Å². The molecule has 0 atom stereocenters. The molecule has 0 bridgehead atoms. The molecule has 1 fully saturated rings. The average Bonchev–Trinajstić information content (AvgIpc) is 3.39. The molecule has 2 heterocycles. The topological polar surface area (TPSA) is 98.3 Å². The Balaban J connectivity index is 1.68. The minimum Gasteiger partial charge on any atom is -0.339 e. The number of nitro benzene ring substituents is 1. The van der Waals surface area contributed by atoms with E-state index < -0.39 is 4.92 Å². The molecule has 3 aromatic rings. The molecular formula is C25H28N4O4S. The molecule has 1 aromatic heterocycles. The number of nitro groups is 1. The van der Waals surface area contributed by atoms with E-state index >= 15 is 0 Å². The second kappa shape index (κ2) is 10.8. The van der Waals surface area contributed by atoms with Crippen LogP contribution in [0.2, 0.25) is 0 Å². The fourth-order valence-electron chi connectivity index (χ4n) is 4.17. The van der Waals surface area contributed by atoms with E-state index in [1.165, 1.54) is 17.8 Å². The van der Waals surface area contributed by atoms with Crippen molar-refractivity contribution >= 4 is 34.3 Å². The van der Waals surface area contributed by atoms with Crippen molar-refractivity contribution in [3.63, 3.8) is 0 Å². The Morgan fingerprint density at radius 2 is 1.94 bits per heavy atom. The third-order valence-electron chi connectivity index (χ3n) is 6.04. The zero-order chi connectivity index (χ0) is 24.1. The summed E-state index contributed by atoms with van der Waals surface area (Å²) in [5, 5.41) is 12.2. The normalized spacial score (nSPS) is 13.5. The number of likely N-dealkylation sites (tertiary alicyclic amines) is 1. The Morgan fingerprint density at radius 3 is 2.68 bits per heavy atom. The maximum Gasteiger partial charge on any atom is 0.269 e. The number of benzene rings is 2. The zero-order valence-corrected chi connectivity index (χ0v) is 20.1. The van der Waals surface area contributed by atoms with E-state index in [1.54, 1.807) is 34.9 Å². The molecule has 1 saturated heterocycles. The van der Waals surface area contributed by atoms with Gasteiger partial charge in [0.25, 0.3) is 17.2 Å². The van der Waals surface area contributed by atoms with Crippen LogP contribution in [0.15, 0.2) is 52.4 Å². The number of aromatic nitrogens is 2. The first-order chi connectivity index (χ1) is 16.5. The van der Waals surface area contributed by atoms with Crippen molar-refractivity contribution in [3.8, 4) is 0 Å². The smallest absolute Gasteiger partial charge is 0.269 e. The summed E-state index contributed by atoms with van der Waals surface area (Å²) in [4.78, 5) is 43.5. The number of carbonyl (C=O) groups is 1. The first-order valence-electron chi connectivity index (χ1n) is 11.7. The van der Waals surface area contributed by atoms with Gasteiger partial charge in [0.15, 0.2) is 5.16 Å². The maximum absolute atomic E-state index is 13.4. The maximum atomic E-state index is 13.4. The number of fused-ring (bicyclic) bond motifs is 1. The number of thioether (sulfide) groups is 1. The Bertz CT molecular complexity index is 1270. The fraction of sp³-hybridized carbons (Fsp3) is 0.400. The minimum absolute atomic E-state index is 0.0286. The van der Waals surface area contributed by atoms with E-state index in [2.05, 4.69) is 6.92 Å². The van der Waals surface area contributed by atoms with Crippen LogP contribution in [0.5, 0.6) is 0 Å². The first kappa shape index (κ1) is 23.9. The van der Waals surface area contributed by atoms with Crippen LogP contribution < -0.4 is 5.56 Å². The molecule has 0 unspecified atom stereocenters. The lowest BCUT2D eigenvalue weighted by Gasteiger charge is -2.16. The number of unbranched alkanes of at least 4 members (excludes halogenated alkanes) is 2. The summed E-state index contributed by atoms with van der Waals surface area (Å²) < 4.78 is 1.70. The Hall–Kier alpha value is -3.20. The summed E-state index contributed by atoms with van der Waals surface area (Å²) >= 11 is 1.38. The van der Waals surface area contributed by atoms with Gasteiger partial charge in [0.05, 0.1) is 15.8 Å². The van der Waals surface area contributed by atoms with Gasteiger partial charge < -0.3 is 4.90 Å². The lowest BCUT2D eigenvalue weighted by Crippen LogP contribution is -2.28. The predicted molar refractivity (Wildman–Crippen MR) is 133 cm³/mol. The van der Waals surface area contributed by atoms with Crippen molar-refractivity contribution in [1.82, 2.24) is 14.5 Å². The van der Waals surface area contributed by atoms with E-state index in [1.807, 2.05) is 11.0 Å². The Kier molecular flexibility index (Phi) is 7.62. The Labute approximate surface area is 202 Å². The van der Waals surface area contributed by atoms with E-state index in [4.69, 9.17) is 4.98 Å². The highest BCUT2D eigenvalue weighted by atomic mass is 32.2. The molecule has 0 radical (unpaired) electrons. The van der Waals surface area contributed by atoms with Crippen molar-refractivity contribution in [2.24, 2.45) is 0 Å². The minimum atomic E-state index is -0.415. The third kappa shape index (κ3) is 5.30. The SMILES string of the molecule is CCCCCn1c(SCc2cccc([N+](=O)[O-])c2)nc2cc(C(=O)N3CCCC3)ccc2c1=O. The highest BCUT2D eigenvalue weighted by Gasteiger charge is 2.21. The van der Waals surface area contributed by atoms with Crippen LogP contribution in [-0.2, 0) is 12.3 Å². The van der Waals surface area contributed by atoms with Gasteiger partial charge in [-0.25, -0.2) is 4.98 Å². The van der Waals surface area contributed by atoms with Crippen molar-refractivity contribution in [1.29, 1.82) is 0 Å². The molecular weight excluding hydrogens is 452 g/mol. The van der Waals surface area contributed by atoms with E-state index in [9.17, 15) is 19.7 Å². The highest BCUT2D eigenvalue weighted by molar-refractivity contribution is 7.98. The van der Waals surface area contributed by atoms with Crippen LogP contribution >= 0.6 is 11.8 Å². The molecule has 4 rings (SSSR count). The van der Waals surface area contributed by atoms with Gasteiger partial charge in [-0.15, -0.1) is 0 Å². The largest absolute Gasteiger partial charge is 0.339 e. The van der Waals surface area contributed by atoms with Crippen LogP contribution in [-0.4, -0.2) is 38.4 Å².